The number of carbonyl (C=O) groups excluding carboxylic acids is 2. The monoisotopic (exact) mass is 430 g/mol. The molecular formula is C23H26O8. The Kier molecular flexibility index (Phi) is 6.58. The molecule has 0 spiro atoms. The van der Waals surface area contributed by atoms with Crippen LogP contribution in [0.5, 0.6) is 34.5 Å². The molecule has 0 N–H and O–H groups in total. The van der Waals surface area contributed by atoms with Crippen LogP contribution in [-0.4, -0.2) is 39.9 Å². The van der Waals surface area contributed by atoms with Gasteiger partial charge in [-0.15, -0.1) is 0 Å². The number of Topliss-reactive ketones (excluding diaryl/α,β-unsaturated/α-hetero) is 1. The van der Waals surface area contributed by atoms with E-state index in [1.54, 1.807) is 24.3 Å². The number of benzene rings is 2. The van der Waals surface area contributed by atoms with Crippen LogP contribution in [0.15, 0.2) is 24.3 Å². The largest absolute Gasteiger partial charge is 0.493 e. The van der Waals surface area contributed by atoms with E-state index in [1.165, 1.54) is 35.2 Å². The van der Waals surface area contributed by atoms with Crippen LogP contribution >= 0.6 is 0 Å². The zero-order chi connectivity index (χ0) is 22.7. The van der Waals surface area contributed by atoms with Gasteiger partial charge in [-0.05, 0) is 30.7 Å². The van der Waals surface area contributed by atoms with Gasteiger partial charge >= 0.3 is 5.97 Å². The van der Waals surface area contributed by atoms with Crippen molar-refractivity contribution in [3.63, 3.8) is 0 Å². The molecule has 0 bridgehead atoms. The minimum absolute atomic E-state index is 0.0369. The van der Waals surface area contributed by atoms with E-state index >= 15 is 0 Å². The third-order valence-corrected chi connectivity index (χ3v) is 5.28. The van der Waals surface area contributed by atoms with E-state index in [2.05, 4.69) is 0 Å². The highest BCUT2D eigenvalue weighted by Gasteiger charge is 2.32. The number of carbonyl (C=O) groups is 2. The maximum atomic E-state index is 12.5. The number of hydrogen-bond donors (Lipinski definition) is 0. The third-order valence-electron chi connectivity index (χ3n) is 5.28. The number of hydrogen-bond acceptors (Lipinski definition) is 8. The minimum atomic E-state index is -0.491. The van der Waals surface area contributed by atoms with Gasteiger partial charge in [-0.1, -0.05) is 6.92 Å². The molecule has 0 saturated heterocycles. The summed E-state index contributed by atoms with van der Waals surface area (Å²) in [6, 6.07) is 6.92. The van der Waals surface area contributed by atoms with Gasteiger partial charge in [0.2, 0.25) is 12.5 Å². The molecule has 3 rings (SSSR count). The molecule has 8 nitrogen and oxygen atoms in total. The van der Waals surface area contributed by atoms with E-state index in [0.717, 1.165) is 5.56 Å². The molecule has 2 aromatic rings. The molecule has 0 radical (unpaired) electrons. The zero-order valence-electron chi connectivity index (χ0n) is 18.4. The highest BCUT2D eigenvalue weighted by Crippen LogP contribution is 2.48. The van der Waals surface area contributed by atoms with Crippen molar-refractivity contribution in [2.45, 2.75) is 26.7 Å². The highest BCUT2D eigenvalue weighted by atomic mass is 16.7. The lowest BCUT2D eigenvalue weighted by atomic mass is 9.79. The van der Waals surface area contributed by atoms with Crippen LogP contribution in [0.1, 0.15) is 37.8 Å². The van der Waals surface area contributed by atoms with E-state index < -0.39 is 17.8 Å². The lowest BCUT2D eigenvalue weighted by Crippen LogP contribution is -2.20. The SMILES string of the molecule is COc1cc(C(c2cc3c(cc2OC(C)=O)OCO3)C(C)C(C)=O)cc(OC)c1OC. The fraction of sp³-hybridized carbons (Fsp3) is 0.391. The van der Waals surface area contributed by atoms with Crippen molar-refractivity contribution in [3.8, 4) is 34.5 Å². The fourth-order valence-electron chi connectivity index (χ4n) is 3.68. The number of fused-ring (bicyclic) bond motifs is 1. The third kappa shape index (κ3) is 4.38. The molecular weight excluding hydrogens is 404 g/mol. The molecule has 0 saturated carbocycles. The Hall–Kier alpha value is -3.42. The molecule has 0 aliphatic carbocycles. The van der Waals surface area contributed by atoms with Gasteiger partial charge in [0.25, 0.3) is 0 Å². The van der Waals surface area contributed by atoms with Crippen molar-refractivity contribution >= 4 is 11.8 Å². The Balaban J connectivity index is 2.27. The topological polar surface area (TPSA) is 89.5 Å². The maximum absolute atomic E-state index is 12.5. The summed E-state index contributed by atoms with van der Waals surface area (Å²) >= 11 is 0. The Morgan fingerprint density at radius 3 is 1.94 bits per heavy atom. The van der Waals surface area contributed by atoms with E-state index in [9.17, 15) is 9.59 Å². The predicted octanol–water partition coefficient (Wildman–Crippen LogP) is 3.72. The van der Waals surface area contributed by atoms with Gasteiger partial charge in [-0.3, -0.25) is 9.59 Å². The van der Waals surface area contributed by atoms with Crippen molar-refractivity contribution in [1.29, 1.82) is 0 Å². The molecule has 2 aromatic carbocycles. The number of ketones is 1. The van der Waals surface area contributed by atoms with Gasteiger partial charge in [-0.25, -0.2) is 0 Å². The molecule has 1 aliphatic heterocycles. The molecule has 8 heteroatoms. The normalized spacial score (nSPS) is 13.9. The number of methoxy groups -OCH3 is 3. The van der Waals surface area contributed by atoms with Crippen LogP contribution in [0, 0.1) is 5.92 Å². The van der Waals surface area contributed by atoms with Crippen molar-refractivity contribution in [1.82, 2.24) is 0 Å². The van der Waals surface area contributed by atoms with Crippen molar-refractivity contribution in [2.24, 2.45) is 5.92 Å². The lowest BCUT2D eigenvalue weighted by molar-refractivity contribution is -0.131. The van der Waals surface area contributed by atoms with Gasteiger partial charge in [0.15, 0.2) is 23.0 Å². The van der Waals surface area contributed by atoms with Crippen LogP contribution in [0.25, 0.3) is 0 Å². The minimum Gasteiger partial charge on any atom is -0.493 e. The first-order valence-electron chi connectivity index (χ1n) is 9.73. The number of esters is 1. The average molecular weight is 430 g/mol. The first kappa shape index (κ1) is 22.3. The predicted molar refractivity (Wildman–Crippen MR) is 112 cm³/mol. The van der Waals surface area contributed by atoms with Gasteiger partial charge < -0.3 is 28.4 Å². The molecule has 1 aliphatic rings. The molecule has 2 atom stereocenters. The van der Waals surface area contributed by atoms with E-state index in [4.69, 9.17) is 28.4 Å². The molecule has 1 heterocycles. The Morgan fingerprint density at radius 2 is 1.45 bits per heavy atom. The summed E-state index contributed by atoms with van der Waals surface area (Å²) in [7, 11) is 4.57. The number of rotatable bonds is 8. The smallest absolute Gasteiger partial charge is 0.308 e. The van der Waals surface area contributed by atoms with E-state index in [0.29, 0.717) is 40.1 Å². The summed E-state index contributed by atoms with van der Waals surface area (Å²) in [6.45, 7) is 4.72. The summed E-state index contributed by atoms with van der Waals surface area (Å²) in [4.78, 5) is 24.3. The van der Waals surface area contributed by atoms with Gasteiger partial charge in [0, 0.05) is 30.4 Å². The van der Waals surface area contributed by atoms with Gasteiger partial charge in [0.1, 0.15) is 11.5 Å². The van der Waals surface area contributed by atoms with Crippen LogP contribution in [0.3, 0.4) is 0 Å². The van der Waals surface area contributed by atoms with Crippen molar-refractivity contribution in [3.05, 3.63) is 35.4 Å². The molecule has 0 amide bonds. The molecule has 0 fully saturated rings. The molecule has 2 unspecified atom stereocenters. The second-order valence-corrected chi connectivity index (χ2v) is 7.17. The fourth-order valence-corrected chi connectivity index (χ4v) is 3.68. The Labute approximate surface area is 181 Å². The van der Waals surface area contributed by atoms with Crippen molar-refractivity contribution < 1.29 is 38.0 Å². The lowest BCUT2D eigenvalue weighted by Gasteiger charge is -2.26. The maximum Gasteiger partial charge on any atom is 0.308 e. The van der Waals surface area contributed by atoms with Crippen molar-refractivity contribution in [2.75, 3.05) is 28.1 Å². The molecule has 0 aromatic heterocycles. The number of ether oxygens (including phenoxy) is 6. The molecule has 166 valence electrons. The Bertz CT molecular complexity index is 972. The van der Waals surface area contributed by atoms with Crippen LogP contribution in [0.4, 0.5) is 0 Å². The highest BCUT2D eigenvalue weighted by molar-refractivity contribution is 5.80. The summed E-state index contributed by atoms with van der Waals surface area (Å²) < 4.78 is 32.9. The zero-order valence-corrected chi connectivity index (χ0v) is 18.4. The second kappa shape index (κ2) is 9.16. The van der Waals surface area contributed by atoms with E-state index in [1.807, 2.05) is 6.92 Å². The first-order valence-corrected chi connectivity index (χ1v) is 9.73. The van der Waals surface area contributed by atoms with E-state index in [-0.39, 0.29) is 12.6 Å². The van der Waals surface area contributed by atoms with Crippen LogP contribution < -0.4 is 28.4 Å². The second-order valence-electron chi connectivity index (χ2n) is 7.17. The molecule has 31 heavy (non-hydrogen) atoms. The summed E-state index contributed by atoms with van der Waals surface area (Å²) in [6.07, 6.45) is 0. The quantitative estimate of drug-likeness (QED) is 0.462. The summed E-state index contributed by atoms with van der Waals surface area (Å²) in [5.41, 5.74) is 1.33. The van der Waals surface area contributed by atoms with Crippen LogP contribution in [-0.2, 0) is 9.59 Å². The van der Waals surface area contributed by atoms with Gasteiger partial charge in [-0.2, -0.15) is 0 Å². The summed E-state index contributed by atoms with van der Waals surface area (Å²) in [5.74, 6) is 1.15. The van der Waals surface area contributed by atoms with Gasteiger partial charge in [0.05, 0.1) is 21.3 Å². The average Bonchev–Trinajstić information content (AvgIpc) is 3.19. The standard InChI is InChI=1S/C23H26O8/c1-12(13(2)24)22(15-7-20(26-4)23(28-6)21(8-15)27-5)16-9-18-19(30-11-29-18)10-17(16)31-14(3)25/h7-10,12,22H,11H2,1-6H3. The Morgan fingerprint density at radius 1 is 0.871 bits per heavy atom. The summed E-state index contributed by atoms with van der Waals surface area (Å²) in [5, 5.41) is 0. The first-order chi connectivity index (χ1) is 14.8. The van der Waals surface area contributed by atoms with Crippen LogP contribution in [0.2, 0.25) is 0 Å².